The SMILES string of the molecule is CCOCc1cn(C(C)C)c2c(N)cccc12. The van der Waals surface area contributed by atoms with Gasteiger partial charge in [-0.05, 0) is 26.8 Å². The second-order valence-corrected chi connectivity index (χ2v) is 4.54. The van der Waals surface area contributed by atoms with Gasteiger partial charge in [0.15, 0.2) is 0 Å². The summed E-state index contributed by atoms with van der Waals surface area (Å²) in [6, 6.07) is 6.46. The topological polar surface area (TPSA) is 40.2 Å². The van der Waals surface area contributed by atoms with Crippen molar-refractivity contribution in [3.05, 3.63) is 30.0 Å². The number of benzene rings is 1. The maximum atomic E-state index is 6.08. The van der Waals surface area contributed by atoms with E-state index in [0.29, 0.717) is 12.6 Å². The standard InChI is InChI=1S/C14H20N2O/c1-4-17-9-11-8-16(10(2)3)14-12(11)6-5-7-13(14)15/h5-8,10H,4,9,15H2,1-3H3. The third-order valence-corrected chi connectivity index (χ3v) is 2.98. The van der Waals surface area contributed by atoms with Crippen LogP contribution in [0.5, 0.6) is 0 Å². The van der Waals surface area contributed by atoms with Crippen molar-refractivity contribution < 1.29 is 4.74 Å². The Morgan fingerprint density at radius 2 is 2.12 bits per heavy atom. The van der Waals surface area contributed by atoms with Crippen molar-refractivity contribution in [3.63, 3.8) is 0 Å². The molecule has 0 amide bonds. The fourth-order valence-corrected chi connectivity index (χ4v) is 2.14. The number of aromatic nitrogens is 1. The highest BCUT2D eigenvalue weighted by atomic mass is 16.5. The highest BCUT2D eigenvalue weighted by Crippen LogP contribution is 2.29. The van der Waals surface area contributed by atoms with E-state index in [-0.39, 0.29) is 0 Å². The number of hydrogen-bond acceptors (Lipinski definition) is 2. The summed E-state index contributed by atoms with van der Waals surface area (Å²) in [4.78, 5) is 0. The number of nitrogens with zero attached hydrogens (tertiary/aromatic N) is 1. The van der Waals surface area contributed by atoms with Crippen LogP contribution < -0.4 is 5.73 Å². The minimum Gasteiger partial charge on any atom is -0.397 e. The van der Waals surface area contributed by atoms with Gasteiger partial charge in [0.1, 0.15) is 0 Å². The molecule has 0 aliphatic heterocycles. The monoisotopic (exact) mass is 232 g/mol. The van der Waals surface area contributed by atoms with Crippen molar-refractivity contribution >= 4 is 16.6 Å². The van der Waals surface area contributed by atoms with Gasteiger partial charge in [-0.1, -0.05) is 12.1 Å². The first kappa shape index (κ1) is 12.0. The first-order chi connectivity index (χ1) is 8.15. The molecule has 1 heterocycles. The molecule has 0 unspecified atom stereocenters. The third-order valence-electron chi connectivity index (χ3n) is 2.98. The molecular weight excluding hydrogens is 212 g/mol. The summed E-state index contributed by atoms with van der Waals surface area (Å²) in [6.45, 7) is 7.72. The van der Waals surface area contributed by atoms with E-state index >= 15 is 0 Å². The van der Waals surface area contributed by atoms with Crippen LogP contribution in [-0.2, 0) is 11.3 Å². The van der Waals surface area contributed by atoms with Crippen LogP contribution in [0.15, 0.2) is 24.4 Å². The maximum absolute atomic E-state index is 6.08. The van der Waals surface area contributed by atoms with Gasteiger partial charge in [0.25, 0.3) is 0 Å². The van der Waals surface area contributed by atoms with E-state index in [0.717, 1.165) is 17.8 Å². The van der Waals surface area contributed by atoms with Gasteiger partial charge in [-0.2, -0.15) is 0 Å². The summed E-state index contributed by atoms with van der Waals surface area (Å²) in [7, 11) is 0. The zero-order valence-electron chi connectivity index (χ0n) is 10.7. The number of hydrogen-bond donors (Lipinski definition) is 1. The van der Waals surface area contributed by atoms with Gasteiger partial charge in [-0.3, -0.25) is 0 Å². The van der Waals surface area contributed by atoms with E-state index in [2.05, 4.69) is 30.7 Å². The molecule has 1 aromatic heterocycles. The van der Waals surface area contributed by atoms with Crippen molar-refractivity contribution in [2.45, 2.75) is 33.4 Å². The van der Waals surface area contributed by atoms with Crippen LogP contribution in [0, 0.1) is 0 Å². The summed E-state index contributed by atoms with van der Waals surface area (Å²) in [5.74, 6) is 0. The molecule has 0 fully saturated rings. The molecule has 1 aromatic carbocycles. The van der Waals surface area contributed by atoms with Crippen LogP contribution in [0.2, 0.25) is 0 Å². The Kier molecular flexibility index (Phi) is 3.38. The average Bonchev–Trinajstić information content (AvgIpc) is 2.67. The quantitative estimate of drug-likeness (QED) is 0.821. The van der Waals surface area contributed by atoms with Gasteiger partial charge in [0, 0.05) is 29.8 Å². The number of anilines is 1. The molecule has 3 heteroatoms. The second-order valence-electron chi connectivity index (χ2n) is 4.54. The first-order valence-corrected chi connectivity index (χ1v) is 6.10. The van der Waals surface area contributed by atoms with Crippen molar-refractivity contribution in [1.82, 2.24) is 4.57 Å². The van der Waals surface area contributed by atoms with Gasteiger partial charge >= 0.3 is 0 Å². The minimum atomic E-state index is 0.401. The molecule has 0 aliphatic rings. The molecule has 0 saturated carbocycles. The van der Waals surface area contributed by atoms with Crippen molar-refractivity contribution in [2.24, 2.45) is 0 Å². The summed E-state index contributed by atoms with van der Waals surface area (Å²) in [5, 5.41) is 1.20. The molecule has 0 atom stereocenters. The van der Waals surface area contributed by atoms with Gasteiger partial charge < -0.3 is 15.0 Å². The van der Waals surface area contributed by atoms with Crippen LogP contribution in [0.3, 0.4) is 0 Å². The number of rotatable bonds is 4. The highest BCUT2D eigenvalue weighted by molar-refractivity contribution is 5.93. The molecule has 2 N–H and O–H groups in total. The fraction of sp³-hybridized carbons (Fsp3) is 0.429. The molecule has 2 rings (SSSR count). The Morgan fingerprint density at radius 1 is 1.35 bits per heavy atom. The molecular formula is C14H20N2O. The second kappa shape index (κ2) is 4.80. The molecule has 0 spiro atoms. The van der Waals surface area contributed by atoms with Crippen LogP contribution in [0.4, 0.5) is 5.69 Å². The largest absolute Gasteiger partial charge is 0.397 e. The average molecular weight is 232 g/mol. The molecule has 92 valence electrons. The molecule has 2 aromatic rings. The molecule has 17 heavy (non-hydrogen) atoms. The lowest BCUT2D eigenvalue weighted by atomic mass is 10.1. The lowest BCUT2D eigenvalue weighted by molar-refractivity contribution is 0.135. The maximum Gasteiger partial charge on any atom is 0.0737 e. The van der Waals surface area contributed by atoms with Gasteiger partial charge in [-0.25, -0.2) is 0 Å². The zero-order chi connectivity index (χ0) is 12.4. The summed E-state index contributed by atoms with van der Waals surface area (Å²) in [6.07, 6.45) is 2.15. The van der Waals surface area contributed by atoms with E-state index in [1.165, 1.54) is 10.9 Å². The predicted molar refractivity (Wildman–Crippen MR) is 72.1 cm³/mol. The normalized spacial score (nSPS) is 11.5. The van der Waals surface area contributed by atoms with Gasteiger partial charge in [0.05, 0.1) is 17.8 Å². The van der Waals surface area contributed by atoms with Crippen molar-refractivity contribution in [2.75, 3.05) is 12.3 Å². The van der Waals surface area contributed by atoms with Crippen LogP contribution >= 0.6 is 0 Å². The summed E-state index contributed by atoms with van der Waals surface area (Å²) < 4.78 is 7.73. The number of para-hydroxylation sites is 1. The van der Waals surface area contributed by atoms with E-state index in [4.69, 9.17) is 10.5 Å². The molecule has 0 bridgehead atoms. The Labute approximate surface area is 102 Å². The Morgan fingerprint density at radius 3 is 2.76 bits per heavy atom. The number of ether oxygens (including phenoxy) is 1. The Hall–Kier alpha value is -1.48. The molecule has 0 aliphatic carbocycles. The van der Waals surface area contributed by atoms with Crippen LogP contribution in [0.25, 0.3) is 10.9 Å². The van der Waals surface area contributed by atoms with E-state index < -0.39 is 0 Å². The van der Waals surface area contributed by atoms with E-state index in [1.807, 2.05) is 19.1 Å². The fourth-order valence-electron chi connectivity index (χ4n) is 2.14. The number of nitrogens with two attached hydrogens (primary N) is 1. The number of nitrogen functional groups attached to an aromatic ring is 1. The van der Waals surface area contributed by atoms with E-state index in [9.17, 15) is 0 Å². The van der Waals surface area contributed by atoms with Gasteiger partial charge in [0.2, 0.25) is 0 Å². The summed E-state index contributed by atoms with van der Waals surface area (Å²) >= 11 is 0. The van der Waals surface area contributed by atoms with Crippen molar-refractivity contribution in [3.8, 4) is 0 Å². The Balaban J connectivity index is 2.58. The van der Waals surface area contributed by atoms with Gasteiger partial charge in [-0.15, -0.1) is 0 Å². The number of fused-ring (bicyclic) bond motifs is 1. The van der Waals surface area contributed by atoms with Crippen LogP contribution in [0.1, 0.15) is 32.4 Å². The lowest BCUT2D eigenvalue weighted by Gasteiger charge is -2.10. The van der Waals surface area contributed by atoms with Crippen molar-refractivity contribution in [1.29, 1.82) is 0 Å². The smallest absolute Gasteiger partial charge is 0.0737 e. The molecule has 3 nitrogen and oxygen atoms in total. The summed E-state index contributed by atoms with van der Waals surface area (Å²) in [5.41, 5.74) is 9.24. The third kappa shape index (κ3) is 2.15. The first-order valence-electron chi connectivity index (χ1n) is 6.10. The Bertz CT molecular complexity index is 514. The highest BCUT2D eigenvalue weighted by Gasteiger charge is 2.12. The molecule has 0 radical (unpaired) electrons. The lowest BCUT2D eigenvalue weighted by Crippen LogP contribution is -2.00. The van der Waals surface area contributed by atoms with Crippen LogP contribution in [-0.4, -0.2) is 11.2 Å². The molecule has 0 saturated heterocycles. The zero-order valence-corrected chi connectivity index (χ0v) is 10.7. The van der Waals surface area contributed by atoms with E-state index in [1.54, 1.807) is 0 Å². The predicted octanol–water partition coefficient (Wildman–Crippen LogP) is 3.34. The minimum absolute atomic E-state index is 0.401.